The van der Waals surface area contributed by atoms with E-state index in [1.54, 1.807) is 11.3 Å². The van der Waals surface area contributed by atoms with Gasteiger partial charge in [0.15, 0.2) is 11.4 Å². The molecular formula is C21H19N2OS2+. The first-order valence-corrected chi connectivity index (χ1v) is 10.9. The van der Waals surface area contributed by atoms with Gasteiger partial charge < -0.3 is 4.74 Å². The highest BCUT2D eigenvalue weighted by atomic mass is 32.1. The van der Waals surface area contributed by atoms with Crippen molar-refractivity contribution in [1.29, 1.82) is 0 Å². The summed E-state index contributed by atoms with van der Waals surface area (Å²) in [5, 5.41) is 4.72. The Morgan fingerprint density at radius 3 is 2.96 bits per heavy atom. The van der Waals surface area contributed by atoms with Crippen LogP contribution in [0, 0.1) is 6.92 Å². The molecule has 0 N–H and O–H groups in total. The summed E-state index contributed by atoms with van der Waals surface area (Å²) < 4.78 is 10.1. The van der Waals surface area contributed by atoms with Gasteiger partial charge in [0.1, 0.15) is 11.1 Å². The first-order valence-electron chi connectivity index (χ1n) is 9.22. The molecule has 1 fully saturated rings. The fraction of sp³-hybridized carbons (Fsp3) is 0.333. The molecular weight excluding hydrogens is 360 g/mol. The lowest BCUT2D eigenvalue weighted by Crippen LogP contribution is -2.32. The Kier molecular flexibility index (Phi) is 3.06. The monoisotopic (exact) mass is 379 g/mol. The van der Waals surface area contributed by atoms with Crippen LogP contribution in [0.3, 0.4) is 0 Å². The van der Waals surface area contributed by atoms with Crippen molar-refractivity contribution < 1.29 is 9.30 Å². The van der Waals surface area contributed by atoms with Gasteiger partial charge in [-0.3, -0.25) is 0 Å². The lowest BCUT2D eigenvalue weighted by atomic mass is 9.95. The van der Waals surface area contributed by atoms with Crippen molar-refractivity contribution >= 4 is 43.0 Å². The fourth-order valence-corrected chi connectivity index (χ4v) is 6.80. The van der Waals surface area contributed by atoms with Gasteiger partial charge in [0.2, 0.25) is 4.83 Å². The molecule has 2 aliphatic rings. The van der Waals surface area contributed by atoms with Gasteiger partial charge >= 0.3 is 0 Å². The molecule has 4 aromatic rings. The van der Waals surface area contributed by atoms with Crippen molar-refractivity contribution in [2.45, 2.75) is 38.5 Å². The van der Waals surface area contributed by atoms with Gasteiger partial charge in [-0.1, -0.05) is 24.2 Å². The zero-order chi connectivity index (χ0) is 17.4. The van der Waals surface area contributed by atoms with E-state index in [2.05, 4.69) is 36.1 Å². The standard InChI is InChI=1S/C21H19N2OS2/c1-11-13-7-8-25-15(13)9-14-16(11)18-17-19(24-14)20(12-5-3-4-6-12)26-21(17)22-10-23(18)2/h7-10,12H,3-6H2,1-2H3/q+1. The molecule has 0 unspecified atom stereocenters. The lowest BCUT2D eigenvalue weighted by molar-refractivity contribution is -0.662. The largest absolute Gasteiger partial charge is 0.454 e. The summed E-state index contributed by atoms with van der Waals surface area (Å²) in [7, 11) is 2.10. The van der Waals surface area contributed by atoms with Crippen LogP contribution in [0.2, 0.25) is 0 Å². The number of thiophene rings is 2. The molecule has 4 heterocycles. The van der Waals surface area contributed by atoms with Crippen molar-refractivity contribution in [1.82, 2.24) is 4.98 Å². The smallest absolute Gasteiger partial charge is 0.288 e. The van der Waals surface area contributed by atoms with E-state index in [1.807, 2.05) is 17.7 Å². The number of ether oxygens (including phenoxy) is 1. The van der Waals surface area contributed by atoms with Gasteiger partial charge in [-0.2, -0.15) is 0 Å². The van der Waals surface area contributed by atoms with Crippen molar-refractivity contribution in [2.75, 3.05) is 0 Å². The van der Waals surface area contributed by atoms with Crippen LogP contribution in [0.4, 0.5) is 0 Å². The highest BCUT2D eigenvalue weighted by molar-refractivity contribution is 7.19. The Hall–Kier alpha value is -1.98. The summed E-state index contributed by atoms with van der Waals surface area (Å²) in [5.41, 5.74) is 3.80. The average molecular weight is 380 g/mol. The predicted octanol–water partition coefficient (Wildman–Crippen LogP) is 6.07. The van der Waals surface area contributed by atoms with Gasteiger partial charge in [-0.15, -0.1) is 11.3 Å². The number of rotatable bonds is 1. The minimum absolute atomic E-state index is 0.635. The summed E-state index contributed by atoms with van der Waals surface area (Å²) in [4.78, 5) is 7.26. The minimum Gasteiger partial charge on any atom is -0.454 e. The summed E-state index contributed by atoms with van der Waals surface area (Å²) in [6, 6.07) is 4.45. The molecule has 3 nitrogen and oxygen atoms in total. The van der Waals surface area contributed by atoms with Crippen LogP contribution in [0.15, 0.2) is 23.8 Å². The van der Waals surface area contributed by atoms with E-state index in [9.17, 15) is 0 Å². The second-order valence-electron chi connectivity index (χ2n) is 7.47. The Bertz CT molecular complexity index is 1200. The van der Waals surface area contributed by atoms with Gasteiger partial charge in [0, 0.05) is 4.70 Å². The Balaban J connectivity index is 1.73. The summed E-state index contributed by atoms with van der Waals surface area (Å²) in [5.74, 6) is 2.72. The molecule has 0 amide bonds. The van der Waals surface area contributed by atoms with Crippen LogP contribution in [-0.4, -0.2) is 4.98 Å². The van der Waals surface area contributed by atoms with Gasteiger partial charge in [-0.25, -0.2) is 4.57 Å². The van der Waals surface area contributed by atoms with E-state index in [-0.39, 0.29) is 0 Å². The predicted molar refractivity (Wildman–Crippen MR) is 108 cm³/mol. The number of benzene rings is 1. The number of aromatic nitrogens is 2. The molecule has 26 heavy (non-hydrogen) atoms. The molecule has 0 atom stereocenters. The molecule has 1 saturated carbocycles. The molecule has 0 saturated heterocycles. The number of hydrogen-bond donors (Lipinski definition) is 0. The first kappa shape index (κ1) is 15.1. The molecule has 3 aromatic heterocycles. The van der Waals surface area contributed by atoms with Crippen LogP contribution >= 0.6 is 22.7 Å². The first-order chi connectivity index (χ1) is 12.7. The third-order valence-corrected chi connectivity index (χ3v) is 8.07. The highest BCUT2D eigenvalue weighted by Gasteiger charge is 2.36. The van der Waals surface area contributed by atoms with E-state index in [0.717, 1.165) is 16.3 Å². The zero-order valence-electron chi connectivity index (χ0n) is 14.8. The SMILES string of the molecule is Cc1c2c(cc3sccc13)Oc1c(C3CCCC3)sc3nc[n+](C)c-2c13. The Labute approximate surface area is 159 Å². The van der Waals surface area contributed by atoms with E-state index in [1.165, 1.54) is 62.9 Å². The van der Waals surface area contributed by atoms with E-state index in [4.69, 9.17) is 9.72 Å². The molecule has 6 rings (SSSR count). The topological polar surface area (TPSA) is 26.0 Å². The maximum atomic E-state index is 6.61. The van der Waals surface area contributed by atoms with Crippen LogP contribution < -0.4 is 9.30 Å². The number of hydrogen-bond acceptors (Lipinski definition) is 4. The third-order valence-electron chi connectivity index (χ3n) is 5.97. The third kappa shape index (κ3) is 1.88. The molecule has 5 heteroatoms. The summed E-state index contributed by atoms with van der Waals surface area (Å²) >= 11 is 3.63. The van der Waals surface area contributed by atoms with Crippen molar-refractivity contribution in [2.24, 2.45) is 7.05 Å². The van der Waals surface area contributed by atoms with Crippen LogP contribution in [-0.2, 0) is 7.05 Å². The number of fused-ring (bicyclic) bond motifs is 3. The van der Waals surface area contributed by atoms with Crippen molar-refractivity contribution in [3.8, 4) is 22.8 Å². The van der Waals surface area contributed by atoms with Gasteiger partial charge in [-0.05, 0) is 59.1 Å². The second kappa shape index (κ2) is 5.27. The van der Waals surface area contributed by atoms with Crippen molar-refractivity contribution in [3.05, 3.63) is 34.3 Å². The molecule has 1 aromatic carbocycles. The van der Waals surface area contributed by atoms with Gasteiger partial charge in [0.05, 0.1) is 17.5 Å². The molecule has 1 aliphatic carbocycles. The van der Waals surface area contributed by atoms with Crippen molar-refractivity contribution in [3.63, 3.8) is 0 Å². The normalized spacial score (nSPS) is 16.4. The summed E-state index contributed by atoms with van der Waals surface area (Å²) in [6.45, 7) is 2.22. The second-order valence-corrected chi connectivity index (χ2v) is 9.45. The zero-order valence-corrected chi connectivity index (χ0v) is 16.5. The minimum atomic E-state index is 0.635. The van der Waals surface area contributed by atoms with E-state index >= 15 is 0 Å². The highest BCUT2D eigenvalue weighted by Crippen LogP contribution is 2.55. The molecule has 0 radical (unpaired) electrons. The maximum Gasteiger partial charge on any atom is 0.288 e. The fourth-order valence-electron chi connectivity index (χ4n) is 4.69. The van der Waals surface area contributed by atoms with Crippen LogP contribution in [0.5, 0.6) is 11.5 Å². The number of aryl methyl sites for hydroxylation is 2. The van der Waals surface area contributed by atoms with E-state index < -0.39 is 0 Å². The Morgan fingerprint density at radius 1 is 1.27 bits per heavy atom. The quantitative estimate of drug-likeness (QED) is 0.330. The van der Waals surface area contributed by atoms with E-state index in [0.29, 0.717) is 5.92 Å². The Morgan fingerprint density at radius 2 is 2.12 bits per heavy atom. The summed E-state index contributed by atoms with van der Waals surface area (Å²) in [6.07, 6.45) is 7.18. The van der Waals surface area contributed by atoms with Crippen LogP contribution in [0.1, 0.15) is 42.0 Å². The van der Waals surface area contributed by atoms with Crippen LogP contribution in [0.25, 0.3) is 31.6 Å². The molecule has 0 spiro atoms. The average Bonchev–Trinajstić information content (AvgIpc) is 3.37. The molecule has 1 aliphatic heterocycles. The number of nitrogens with zero attached hydrogens (tertiary/aromatic N) is 2. The lowest BCUT2D eigenvalue weighted by Gasteiger charge is -2.21. The molecule has 130 valence electrons. The van der Waals surface area contributed by atoms with Gasteiger partial charge in [0.25, 0.3) is 6.33 Å². The molecule has 0 bridgehead atoms. The maximum absolute atomic E-state index is 6.61.